The van der Waals surface area contributed by atoms with Gasteiger partial charge in [-0.1, -0.05) is 6.07 Å². The second kappa shape index (κ2) is 5.42. The summed E-state index contributed by atoms with van der Waals surface area (Å²) >= 11 is 0. The van der Waals surface area contributed by atoms with Crippen molar-refractivity contribution in [2.75, 3.05) is 19.3 Å². The van der Waals surface area contributed by atoms with E-state index in [0.717, 1.165) is 11.8 Å². The zero-order chi connectivity index (χ0) is 16.8. The Morgan fingerprint density at radius 2 is 2.04 bits per heavy atom. The van der Waals surface area contributed by atoms with Gasteiger partial charge >= 0.3 is 6.03 Å². The summed E-state index contributed by atoms with van der Waals surface area (Å²) in [6.45, 7) is 2.78. The van der Waals surface area contributed by atoms with E-state index in [1.165, 1.54) is 12.1 Å². The first kappa shape index (κ1) is 15.6. The molecule has 0 unspecified atom stereocenters. The number of sulfone groups is 1. The maximum absolute atomic E-state index is 12.2. The van der Waals surface area contributed by atoms with E-state index in [2.05, 4.69) is 4.99 Å². The van der Waals surface area contributed by atoms with Gasteiger partial charge in [-0.25, -0.2) is 13.2 Å². The Morgan fingerprint density at radius 3 is 2.65 bits per heavy atom. The number of carbonyl (C=O) groups excluding carboxylic acids is 2. The Morgan fingerprint density at radius 1 is 1.30 bits per heavy atom. The van der Waals surface area contributed by atoms with Crippen LogP contribution in [0, 0.1) is 0 Å². The van der Waals surface area contributed by atoms with Gasteiger partial charge in [0.25, 0.3) is 0 Å². The summed E-state index contributed by atoms with van der Waals surface area (Å²) in [5.41, 5.74) is 2.36. The molecule has 0 spiro atoms. The lowest BCUT2D eigenvalue weighted by Gasteiger charge is -2.09. The number of amides is 2. The average Bonchev–Trinajstić information content (AvgIpc) is 2.98. The van der Waals surface area contributed by atoms with Crippen molar-refractivity contribution >= 4 is 32.9 Å². The predicted octanol–water partition coefficient (Wildman–Crippen LogP) is 1.50. The molecular formula is C16H16N2O4S. The first-order valence-corrected chi connectivity index (χ1v) is 9.13. The number of allylic oxidation sites excluding steroid dienone is 1. The molecule has 7 heteroatoms. The summed E-state index contributed by atoms with van der Waals surface area (Å²) < 4.78 is 23.4. The number of ketones is 1. The zero-order valence-corrected chi connectivity index (χ0v) is 13.7. The molecule has 0 saturated carbocycles. The van der Waals surface area contributed by atoms with E-state index in [0.29, 0.717) is 29.9 Å². The molecule has 0 atom stereocenters. The van der Waals surface area contributed by atoms with Crippen LogP contribution in [0.25, 0.3) is 5.57 Å². The topological polar surface area (TPSA) is 83.9 Å². The highest BCUT2D eigenvalue weighted by Gasteiger charge is 2.28. The molecule has 2 amide bonds. The van der Waals surface area contributed by atoms with Gasteiger partial charge in [0.1, 0.15) is 0 Å². The van der Waals surface area contributed by atoms with Gasteiger partial charge in [-0.05, 0) is 36.3 Å². The number of Topliss-reactive ketones (excluding diaryl/α,β-unsaturated/α-hetero) is 1. The molecule has 23 heavy (non-hydrogen) atoms. The molecule has 1 aromatic carbocycles. The molecule has 2 aliphatic rings. The number of rotatable bonds is 3. The van der Waals surface area contributed by atoms with Gasteiger partial charge in [0.2, 0.25) is 0 Å². The van der Waals surface area contributed by atoms with Crippen LogP contribution in [0.5, 0.6) is 0 Å². The normalized spacial score (nSPS) is 19.5. The average molecular weight is 332 g/mol. The molecule has 0 radical (unpaired) electrons. The number of urea groups is 1. The van der Waals surface area contributed by atoms with Crippen LogP contribution in [-0.4, -0.2) is 50.2 Å². The van der Waals surface area contributed by atoms with Gasteiger partial charge in [0.05, 0.1) is 17.2 Å². The van der Waals surface area contributed by atoms with Crippen molar-refractivity contribution in [2.45, 2.75) is 18.2 Å². The molecule has 0 fully saturated rings. The van der Waals surface area contributed by atoms with Crippen LogP contribution >= 0.6 is 0 Å². The van der Waals surface area contributed by atoms with E-state index in [1.54, 1.807) is 17.0 Å². The highest BCUT2D eigenvalue weighted by Crippen LogP contribution is 2.32. The fourth-order valence-corrected chi connectivity index (χ4v) is 3.40. The Kier molecular flexibility index (Phi) is 3.68. The number of benzene rings is 1. The molecule has 1 aliphatic heterocycles. The Labute approximate surface area is 134 Å². The molecule has 0 N–H and O–H groups in total. The Balaban J connectivity index is 2.03. The van der Waals surface area contributed by atoms with Gasteiger partial charge in [-0.2, -0.15) is 4.99 Å². The summed E-state index contributed by atoms with van der Waals surface area (Å²) in [4.78, 5) is 29.6. The van der Waals surface area contributed by atoms with Crippen molar-refractivity contribution in [2.24, 2.45) is 4.99 Å². The number of hydrogen-bond acceptors (Lipinski definition) is 4. The minimum atomic E-state index is -3.35. The van der Waals surface area contributed by atoms with Crippen molar-refractivity contribution in [3.63, 3.8) is 0 Å². The van der Waals surface area contributed by atoms with Crippen LogP contribution in [0.1, 0.15) is 18.1 Å². The molecule has 1 aromatic rings. The minimum Gasteiger partial charge on any atom is -0.317 e. The maximum Gasteiger partial charge on any atom is 0.344 e. The predicted molar refractivity (Wildman–Crippen MR) is 86.3 cm³/mol. The number of fused-ring (bicyclic) bond motifs is 1. The van der Waals surface area contributed by atoms with Crippen LogP contribution in [0.3, 0.4) is 0 Å². The number of nitrogens with zero attached hydrogens (tertiary/aromatic N) is 2. The summed E-state index contributed by atoms with van der Waals surface area (Å²) in [6.07, 6.45) is 2.98. The second-order valence-electron chi connectivity index (χ2n) is 5.65. The first-order chi connectivity index (χ1) is 10.8. The third-order valence-electron chi connectivity index (χ3n) is 4.01. The molecule has 6 nitrogen and oxygen atoms in total. The van der Waals surface area contributed by atoms with Gasteiger partial charge < -0.3 is 4.90 Å². The van der Waals surface area contributed by atoms with E-state index in [9.17, 15) is 18.0 Å². The standard InChI is InChI=1S/C16H16N2O4S/c1-3-18-9-11(17-16(18)20)7-14-13-8-12(23(2,21)22)5-4-10(13)6-15(14)19/h4-5,7-8H,3,6,9H2,1-2H3/b14-7-. The third-order valence-corrected chi connectivity index (χ3v) is 5.12. The van der Waals surface area contributed by atoms with Crippen LogP contribution in [0.2, 0.25) is 0 Å². The van der Waals surface area contributed by atoms with Crippen molar-refractivity contribution < 1.29 is 18.0 Å². The van der Waals surface area contributed by atoms with Crippen LogP contribution in [-0.2, 0) is 21.1 Å². The summed E-state index contributed by atoms with van der Waals surface area (Å²) in [5.74, 6) is -0.0873. The monoisotopic (exact) mass is 332 g/mol. The molecule has 120 valence electrons. The van der Waals surface area contributed by atoms with Crippen LogP contribution < -0.4 is 0 Å². The van der Waals surface area contributed by atoms with E-state index in [-0.39, 0.29) is 23.1 Å². The van der Waals surface area contributed by atoms with Gasteiger partial charge in [0.15, 0.2) is 15.6 Å². The highest BCUT2D eigenvalue weighted by molar-refractivity contribution is 7.90. The number of carbonyl (C=O) groups is 2. The zero-order valence-electron chi connectivity index (χ0n) is 12.9. The van der Waals surface area contributed by atoms with Gasteiger partial charge in [-0.3, -0.25) is 4.79 Å². The van der Waals surface area contributed by atoms with Crippen LogP contribution in [0.4, 0.5) is 4.79 Å². The summed E-state index contributed by atoms with van der Waals surface area (Å²) in [5, 5.41) is 0. The second-order valence-corrected chi connectivity index (χ2v) is 7.66. The Hall–Kier alpha value is -2.28. The molecule has 0 saturated heterocycles. The Bertz CT molecular complexity index is 881. The van der Waals surface area contributed by atoms with Gasteiger partial charge in [-0.15, -0.1) is 0 Å². The lowest BCUT2D eigenvalue weighted by atomic mass is 10.1. The smallest absolute Gasteiger partial charge is 0.317 e. The molecule has 0 aromatic heterocycles. The van der Waals surface area contributed by atoms with E-state index in [4.69, 9.17) is 0 Å². The lowest BCUT2D eigenvalue weighted by Crippen LogP contribution is -2.25. The van der Waals surface area contributed by atoms with E-state index < -0.39 is 9.84 Å². The van der Waals surface area contributed by atoms with Crippen molar-refractivity contribution in [3.05, 3.63) is 35.4 Å². The third kappa shape index (κ3) is 2.84. The molecule has 3 rings (SSSR count). The van der Waals surface area contributed by atoms with Crippen molar-refractivity contribution in [3.8, 4) is 0 Å². The SMILES string of the molecule is CCN1CC(/C=C2\C(=O)Cc3ccc(S(C)(=O)=O)cc32)=NC1=O. The lowest BCUT2D eigenvalue weighted by molar-refractivity contribution is -0.112. The highest BCUT2D eigenvalue weighted by atomic mass is 32.2. The molecule has 0 bridgehead atoms. The maximum atomic E-state index is 12.2. The molecule has 1 aliphatic carbocycles. The first-order valence-electron chi connectivity index (χ1n) is 7.24. The van der Waals surface area contributed by atoms with Crippen molar-refractivity contribution in [1.29, 1.82) is 0 Å². The summed E-state index contributed by atoms with van der Waals surface area (Å²) in [7, 11) is -3.35. The summed E-state index contributed by atoms with van der Waals surface area (Å²) in [6, 6.07) is 4.40. The quantitative estimate of drug-likeness (QED) is 0.785. The van der Waals surface area contributed by atoms with E-state index in [1.807, 2.05) is 6.92 Å². The fourth-order valence-electron chi connectivity index (χ4n) is 2.75. The molecule has 1 heterocycles. The number of aliphatic imine (C=N–C) groups is 1. The van der Waals surface area contributed by atoms with Gasteiger partial charge in [0, 0.05) is 24.8 Å². The van der Waals surface area contributed by atoms with Crippen LogP contribution in [0.15, 0.2) is 34.2 Å². The number of hydrogen-bond donors (Lipinski definition) is 0. The fraction of sp³-hybridized carbons (Fsp3) is 0.312. The van der Waals surface area contributed by atoms with Crippen molar-refractivity contribution in [1.82, 2.24) is 4.90 Å². The van der Waals surface area contributed by atoms with E-state index >= 15 is 0 Å². The largest absolute Gasteiger partial charge is 0.344 e. The molecular weight excluding hydrogens is 316 g/mol. The minimum absolute atomic E-state index is 0.0873.